The van der Waals surface area contributed by atoms with Crippen molar-refractivity contribution in [1.82, 2.24) is 0 Å². The predicted molar refractivity (Wildman–Crippen MR) is 75.5 cm³/mol. The van der Waals surface area contributed by atoms with Crippen LogP contribution >= 0.6 is 11.3 Å². The molecule has 0 aliphatic heterocycles. The molecule has 1 unspecified atom stereocenters. The zero-order valence-corrected chi connectivity index (χ0v) is 12.0. The van der Waals surface area contributed by atoms with Crippen LogP contribution < -0.4 is 4.74 Å². The lowest BCUT2D eigenvalue weighted by Gasteiger charge is -2.15. The molecule has 0 amide bonds. The SMILES string of the molecule is OCC(COc1ccc(C(F)(F)F)cc1)Cc1cccs1. The molecule has 0 radical (unpaired) electrons. The molecule has 0 fully saturated rings. The fourth-order valence-electron chi connectivity index (χ4n) is 1.84. The third-order valence-corrected chi connectivity index (χ3v) is 3.89. The normalized spacial score (nSPS) is 13.1. The van der Waals surface area contributed by atoms with Crippen LogP contribution in [0.25, 0.3) is 0 Å². The summed E-state index contributed by atoms with van der Waals surface area (Å²) >= 11 is 1.60. The topological polar surface area (TPSA) is 29.5 Å². The summed E-state index contributed by atoms with van der Waals surface area (Å²) in [6.07, 6.45) is -3.65. The number of benzene rings is 1. The van der Waals surface area contributed by atoms with Gasteiger partial charge in [-0.1, -0.05) is 6.07 Å². The third-order valence-electron chi connectivity index (χ3n) is 3.00. The maximum Gasteiger partial charge on any atom is 0.416 e. The highest BCUT2D eigenvalue weighted by Gasteiger charge is 2.30. The van der Waals surface area contributed by atoms with E-state index in [-0.39, 0.29) is 19.1 Å². The second-order valence-corrected chi connectivity index (χ2v) is 5.70. The molecule has 0 saturated heterocycles. The van der Waals surface area contributed by atoms with Crippen molar-refractivity contribution in [2.45, 2.75) is 12.6 Å². The van der Waals surface area contributed by atoms with Crippen LogP contribution in [0.2, 0.25) is 0 Å². The summed E-state index contributed by atoms with van der Waals surface area (Å²) in [7, 11) is 0. The van der Waals surface area contributed by atoms with Crippen molar-refractivity contribution < 1.29 is 23.0 Å². The quantitative estimate of drug-likeness (QED) is 0.873. The summed E-state index contributed by atoms with van der Waals surface area (Å²) in [5.74, 6) is 0.290. The molecule has 0 saturated carbocycles. The molecule has 1 heterocycles. The van der Waals surface area contributed by atoms with E-state index in [4.69, 9.17) is 4.74 Å². The van der Waals surface area contributed by atoms with Gasteiger partial charge in [-0.2, -0.15) is 13.2 Å². The number of halogens is 3. The average Bonchev–Trinajstić information content (AvgIpc) is 2.96. The van der Waals surface area contributed by atoms with Crippen molar-refractivity contribution in [2.24, 2.45) is 5.92 Å². The van der Waals surface area contributed by atoms with E-state index in [2.05, 4.69) is 0 Å². The number of rotatable bonds is 6. The van der Waals surface area contributed by atoms with Gasteiger partial charge in [0, 0.05) is 17.4 Å². The van der Waals surface area contributed by atoms with E-state index < -0.39 is 11.7 Å². The standard InChI is InChI=1S/C15H15F3O2S/c16-15(17,18)12-3-5-13(6-4-12)20-10-11(9-19)8-14-2-1-7-21-14/h1-7,11,19H,8-10H2. The van der Waals surface area contributed by atoms with Crippen LogP contribution in [0.5, 0.6) is 5.75 Å². The molecule has 0 aliphatic carbocycles. The van der Waals surface area contributed by atoms with E-state index in [0.717, 1.165) is 17.0 Å². The van der Waals surface area contributed by atoms with Gasteiger partial charge in [0.1, 0.15) is 5.75 Å². The molecule has 1 aromatic carbocycles. The molecular formula is C15H15F3O2S. The zero-order valence-electron chi connectivity index (χ0n) is 11.1. The average molecular weight is 316 g/mol. The van der Waals surface area contributed by atoms with Crippen LogP contribution in [0.15, 0.2) is 41.8 Å². The van der Waals surface area contributed by atoms with Gasteiger partial charge in [0.05, 0.1) is 12.2 Å². The van der Waals surface area contributed by atoms with Crippen molar-refractivity contribution in [1.29, 1.82) is 0 Å². The van der Waals surface area contributed by atoms with Crippen LogP contribution in [-0.4, -0.2) is 18.3 Å². The summed E-state index contributed by atoms with van der Waals surface area (Å²) in [4.78, 5) is 1.14. The maximum absolute atomic E-state index is 12.4. The predicted octanol–water partition coefficient (Wildman–Crippen LogP) is 4.00. The Morgan fingerprint density at radius 2 is 1.86 bits per heavy atom. The fraction of sp³-hybridized carbons (Fsp3) is 0.333. The van der Waals surface area contributed by atoms with Gasteiger partial charge in [-0.15, -0.1) is 11.3 Å². The highest BCUT2D eigenvalue weighted by Crippen LogP contribution is 2.30. The van der Waals surface area contributed by atoms with Crippen LogP contribution in [0.4, 0.5) is 13.2 Å². The minimum atomic E-state index is -4.34. The Morgan fingerprint density at radius 3 is 2.38 bits per heavy atom. The number of hydrogen-bond donors (Lipinski definition) is 1. The molecule has 2 nitrogen and oxygen atoms in total. The van der Waals surface area contributed by atoms with Gasteiger partial charge in [-0.05, 0) is 42.1 Å². The number of aliphatic hydroxyl groups excluding tert-OH is 1. The second-order valence-electron chi connectivity index (χ2n) is 4.67. The van der Waals surface area contributed by atoms with Crippen molar-refractivity contribution in [2.75, 3.05) is 13.2 Å². The highest BCUT2D eigenvalue weighted by molar-refractivity contribution is 7.09. The molecule has 6 heteroatoms. The monoisotopic (exact) mass is 316 g/mol. The Bertz CT molecular complexity index is 535. The maximum atomic E-state index is 12.4. The van der Waals surface area contributed by atoms with Gasteiger partial charge in [0.2, 0.25) is 0 Å². The molecule has 1 aromatic heterocycles. The molecule has 2 aromatic rings. The number of thiophene rings is 1. The van der Waals surface area contributed by atoms with E-state index in [1.165, 1.54) is 12.1 Å². The Hall–Kier alpha value is -1.53. The van der Waals surface area contributed by atoms with E-state index in [1.807, 2.05) is 17.5 Å². The molecule has 0 bridgehead atoms. The molecular weight excluding hydrogens is 301 g/mol. The van der Waals surface area contributed by atoms with Crippen molar-refractivity contribution in [3.63, 3.8) is 0 Å². The highest BCUT2D eigenvalue weighted by atomic mass is 32.1. The van der Waals surface area contributed by atoms with Crippen molar-refractivity contribution >= 4 is 11.3 Å². The first-order valence-electron chi connectivity index (χ1n) is 6.42. The fourth-order valence-corrected chi connectivity index (χ4v) is 2.66. The van der Waals surface area contributed by atoms with E-state index >= 15 is 0 Å². The van der Waals surface area contributed by atoms with Crippen molar-refractivity contribution in [3.8, 4) is 5.75 Å². The Kier molecular flexibility index (Phi) is 5.25. The van der Waals surface area contributed by atoms with Crippen LogP contribution in [0.3, 0.4) is 0 Å². The Balaban J connectivity index is 1.89. The van der Waals surface area contributed by atoms with Gasteiger partial charge in [0.25, 0.3) is 0 Å². The summed E-state index contributed by atoms with van der Waals surface area (Å²) in [5, 5.41) is 11.3. The summed E-state index contributed by atoms with van der Waals surface area (Å²) in [6.45, 7) is 0.234. The van der Waals surface area contributed by atoms with Gasteiger partial charge in [-0.3, -0.25) is 0 Å². The summed E-state index contributed by atoms with van der Waals surface area (Å²) in [5.41, 5.74) is -0.702. The molecule has 2 rings (SSSR count). The largest absolute Gasteiger partial charge is 0.493 e. The summed E-state index contributed by atoms with van der Waals surface area (Å²) in [6, 6.07) is 8.48. The lowest BCUT2D eigenvalue weighted by molar-refractivity contribution is -0.137. The van der Waals surface area contributed by atoms with E-state index in [1.54, 1.807) is 11.3 Å². The minimum Gasteiger partial charge on any atom is -0.493 e. The van der Waals surface area contributed by atoms with Gasteiger partial charge >= 0.3 is 6.18 Å². The van der Waals surface area contributed by atoms with Gasteiger partial charge < -0.3 is 9.84 Å². The molecule has 21 heavy (non-hydrogen) atoms. The van der Waals surface area contributed by atoms with E-state index in [9.17, 15) is 18.3 Å². The zero-order chi connectivity index (χ0) is 15.3. The van der Waals surface area contributed by atoms with Crippen LogP contribution in [0, 0.1) is 5.92 Å². The number of aliphatic hydroxyl groups is 1. The van der Waals surface area contributed by atoms with Crippen LogP contribution in [0.1, 0.15) is 10.4 Å². The molecule has 0 spiro atoms. The van der Waals surface area contributed by atoms with Gasteiger partial charge in [0.15, 0.2) is 0 Å². The molecule has 1 N–H and O–H groups in total. The first kappa shape index (κ1) is 15.9. The van der Waals surface area contributed by atoms with Gasteiger partial charge in [-0.25, -0.2) is 0 Å². The first-order chi connectivity index (χ1) is 9.99. The molecule has 0 aliphatic rings. The number of ether oxygens (including phenoxy) is 1. The Morgan fingerprint density at radius 1 is 1.14 bits per heavy atom. The number of alkyl halides is 3. The minimum absolute atomic E-state index is 0.0292. The number of hydrogen-bond acceptors (Lipinski definition) is 3. The van der Waals surface area contributed by atoms with Crippen molar-refractivity contribution in [3.05, 3.63) is 52.2 Å². The molecule has 1 atom stereocenters. The second kappa shape index (κ2) is 6.95. The summed E-state index contributed by atoms with van der Waals surface area (Å²) < 4.78 is 42.7. The van der Waals surface area contributed by atoms with Crippen LogP contribution in [-0.2, 0) is 12.6 Å². The first-order valence-corrected chi connectivity index (χ1v) is 7.30. The third kappa shape index (κ3) is 4.75. The van der Waals surface area contributed by atoms with E-state index in [0.29, 0.717) is 12.2 Å². The smallest absolute Gasteiger partial charge is 0.416 e. The molecule has 114 valence electrons. The lowest BCUT2D eigenvalue weighted by Crippen LogP contribution is -2.18. The lowest BCUT2D eigenvalue weighted by atomic mass is 10.1. The Labute approximate surface area is 124 Å².